The number of allylic oxidation sites excluding steroid dienone is 1. The van der Waals surface area contributed by atoms with Crippen LogP contribution in [-0.4, -0.2) is 15.6 Å². The smallest absolute Gasteiger partial charge is 0.270 e. The molecule has 2 aromatic carbocycles. The molecule has 0 saturated carbocycles. The van der Waals surface area contributed by atoms with Crippen LogP contribution in [0.15, 0.2) is 54.6 Å². The lowest BCUT2D eigenvalue weighted by atomic mass is 10.1. The second-order valence-electron chi connectivity index (χ2n) is 4.35. The van der Waals surface area contributed by atoms with Gasteiger partial charge in [0.25, 0.3) is 11.4 Å². The highest BCUT2D eigenvalue weighted by atomic mass is 16.6. The normalized spacial score (nSPS) is 10.5. The van der Waals surface area contributed by atoms with E-state index in [1.165, 1.54) is 54.6 Å². The van der Waals surface area contributed by atoms with Gasteiger partial charge in [0.15, 0.2) is 5.78 Å². The predicted octanol–water partition coefficient (Wildman–Crippen LogP) is 3.40. The monoisotopic (exact) mass is 298 g/mol. The van der Waals surface area contributed by atoms with Gasteiger partial charge in [-0.1, -0.05) is 18.2 Å². The van der Waals surface area contributed by atoms with Crippen molar-refractivity contribution in [2.75, 3.05) is 0 Å². The third-order valence-electron chi connectivity index (χ3n) is 2.87. The predicted molar refractivity (Wildman–Crippen MR) is 79.6 cm³/mol. The summed E-state index contributed by atoms with van der Waals surface area (Å²) in [5.74, 6) is -0.346. The largest absolute Gasteiger partial charge is 0.289 e. The van der Waals surface area contributed by atoms with Crippen LogP contribution in [0.5, 0.6) is 0 Å². The molecule has 0 heterocycles. The van der Waals surface area contributed by atoms with Crippen molar-refractivity contribution in [2.24, 2.45) is 0 Å². The number of nitrogens with zero attached hydrogens (tertiary/aromatic N) is 2. The van der Waals surface area contributed by atoms with Crippen LogP contribution in [0.4, 0.5) is 11.4 Å². The van der Waals surface area contributed by atoms with Crippen LogP contribution in [-0.2, 0) is 0 Å². The number of carbonyl (C=O) groups is 1. The molecule has 0 N–H and O–H groups in total. The van der Waals surface area contributed by atoms with Crippen molar-refractivity contribution in [2.45, 2.75) is 0 Å². The third-order valence-corrected chi connectivity index (χ3v) is 2.87. The van der Waals surface area contributed by atoms with Crippen molar-refractivity contribution in [3.63, 3.8) is 0 Å². The van der Waals surface area contributed by atoms with E-state index in [0.717, 1.165) is 0 Å². The molecule has 2 aromatic rings. The lowest BCUT2D eigenvalue weighted by molar-refractivity contribution is -0.385. The second kappa shape index (κ2) is 6.40. The third kappa shape index (κ3) is 3.60. The molecule has 0 fully saturated rings. The molecule has 7 heteroatoms. The van der Waals surface area contributed by atoms with E-state index < -0.39 is 9.85 Å². The average Bonchev–Trinajstić information content (AvgIpc) is 2.53. The maximum Gasteiger partial charge on any atom is 0.270 e. The number of rotatable bonds is 5. The zero-order valence-electron chi connectivity index (χ0n) is 11.2. The van der Waals surface area contributed by atoms with Crippen LogP contribution in [0.2, 0.25) is 0 Å². The Hall–Kier alpha value is -3.35. The van der Waals surface area contributed by atoms with Crippen molar-refractivity contribution in [3.05, 3.63) is 86.0 Å². The van der Waals surface area contributed by atoms with Gasteiger partial charge < -0.3 is 0 Å². The first-order chi connectivity index (χ1) is 10.5. The molecule has 0 aromatic heterocycles. The first-order valence-corrected chi connectivity index (χ1v) is 6.19. The second-order valence-corrected chi connectivity index (χ2v) is 4.35. The molecule has 0 spiro atoms. The molecule has 0 aliphatic rings. The Morgan fingerprint density at radius 3 is 2.14 bits per heavy atom. The minimum atomic E-state index is -0.548. The summed E-state index contributed by atoms with van der Waals surface area (Å²) in [5, 5.41) is 21.2. The van der Waals surface area contributed by atoms with Crippen molar-refractivity contribution < 1.29 is 14.6 Å². The Balaban J connectivity index is 2.15. The number of carbonyl (C=O) groups excluding carboxylic acids is 1. The van der Waals surface area contributed by atoms with Gasteiger partial charge in [0.1, 0.15) is 0 Å². The number of hydrogen-bond donors (Lipinski definition) is 0. The van der Waals surface area contributed by atoms with Gasteiger partial charge in [0.2, 0.25) is 0 Å². The number of non-ortho nitro benzene ring substituents is 2. The summed E-state index contributed by atoms with van der Waals surface area (Å²) in [4.78, 5) is 32.1. The zero-order valence-corrected chi connectivity index (χ0v) is 11.2. The van der Waals surface area contributed by atoms with Crippen molar-refractivity contribution in [1.29, 1.82) is 0 Å². The highest BCUT2D eigenvalue weighted by Crippen LogP contribution is 2.16. The minimum Gasteiger partial charge on any atom is -0.289 e. The molecule has 7 nitrogen and oxygen atoms in total. The molecule has 22 heavy (non-hydrogen) atoms. The number of nitro groups is 2. The van der Waals surface area contributed by atoms with E-state index >= 15 is 0 Å². The van der Waals surface area contributed by atoms with Gasteiger partial charge in [-0.2, -0.15) is 0 Å². The fraction of sp³-hybridized carbons (Fsp3) is 0. The highest BCUT2D eigenvalue weighted by molar-refractivity contribution is 6.06. The Bertz CT molecular complexity index is 766. The first-order valence-electron chi connectivity index (χ1n) is 6.19. The summed E-state index contributed by atoms with van der Waals surface area (Å²) < 4.78 is 0. The molecule has 0 amide bonds. The van der Waals surface area contributed by atoms with Crippen LogP contribution >= 0.6 is 0 Å². The van der Waals surface area contributed by atoms with E-state index in [1.54, 1.807) is 6.07 Å². The van der Waals surface area contributed by atoms with Crippen LogP contribution in [0.3, 0.4) is 0 Å². The molecule has 0 unspecified atom stereocenters. The number of ketones is 1. The van der Waals surface area contributed by atoms with Crippen molar-refractivity contribution in [3.8, 4) is 0 Å². The quantitative estimate of drug-likeness (QED) is 0.364. The van der Waals surface area contributed by atoms with Gasteiger partial charge in [-0.15, -0.1) is 0 Å². The van der Waals surface area contributed by atoms with Gasteiger partial charge in [-0.3, -0.25) is 25.0 Å². The van der Waals surface area contributed by atoms with Crippen LogP contribution in [0.25, 0.3) is 6.08 Å². The molecular formula is C15H10N2O5. The van der Waals surface area contributed by atoms with Gasteiger partial charge in [0, 0.05) is 29.8 Å². The fourth-order valence-corrected chi connectivity index (χ4v) is 1.76. The minimum absolute atomic E-state index is 0.0649. The number of nitro benzene ring substituents is 2. The van der Waals surface area contributed by atoms with E-state index in [9.17, 15) is 25.0 Å². The lowest BCUT2D eigenvalue weighted by Gasteiger charge is -1.96. The Morgan fingerprint density at radius 1 is 0.909 bits per heavy atom. The molecule has 0 aliphatic heterocycles. The summed E-state index contributed by atoms with van der Waals surface area (Å²) in [6.07, 6.45) is 2.72. The van der Waals surface area contributed by atoms with Gasteiger partial charge in [0.05, 0.1) is 9.85 Å². The maximum absolute atomic E-state index is 11.9. The lowest BCUT2D eigenvalue weighted by Crippen LogP contribution is -1.95. The first kappa shape index (κ1) is 15.0. The van der Waals surface area contributed by atoms with E-state index in [1.807, 2.05) is 0 Å². The standard InChI is InChI=1S/C15H10N2O5/c18-15(12-5-7-13(8-6-12)16(19)20)9-4-11-2-1-3-14(10-11)17(21)22/h1-10H/b9-4+. The van der Waals surface area contributed by atoms with Gasteiger partial charge in [-0.25, -0.2) is 0 Å². The average molecular weight is 298 g/mol. The Morgan fingerprint density at radius 2 is 1.55 bits per heavy atom. The molecular weight excluding hydrogens is 288 g/mol. The molecule has 0 bridgehead atoms. The van der Waals surface area contributed by atoms with Crippen molar-refractivity contribution in [1.82, 2.24) is 0 Å². The fourth-order valence-electron chi connectivity index (χ4n) is 1.76. The molecule has 2 rings (SSSR count). The number of benzene rings is 2. The van der Waals surface area contributed by atoms with E-state index in [4.69, 9.17) is 0 Å². The topological polar surface area (TPSA) is 103 Å². The van der Waals surface area contributed by atoms with Crippen LogP contribution < -0.4 is 0 Å². The van der Waals surface area contributed by atoms with Gasteiger partial charge >= 0.3 is 0 Å². The molecule has 0 atom stereocenters. The summed E-state index contributed by atoms with van der Waals surface area (Å²) in [7, 11) is 0. The van der Waals surface area contributed by atoms with E-state index in [-0.39, 0.29) is 17.2 Å². The van der Waals surface area contributed by atoms with Crippen LogP contribution in [0, 0.1) is 20.2 Å². The molecule has 110 valence electrons. The summed E-state index contributed by atoms with van der Waals surface area (Å²) in [5.41, 5.74) is 0.654. The highest BCUT2D eigenvalue weighted by Gasteiger charge is 2.08. The van der Waals surface area contributed by atoms with Gasteiger partial charge in [-0.05, 0) is 23.8 Å². The molecule has 0 radical (unpaired) electrons. The summed E-state index contributed by atoms with van der Waals surface area (Å²) in [6, 6.07) is 11.1. The summed E-state index contributed by atoms with van der Waals surface area (Å²) >= 11 is 0. The number of hydrogen-bond acceptors (Lipinski definition) is 5. The van der Waals surface area contributed by atoms with E-state index in [0.29, 0.717) is 11.1 Å². The van der Waals surface area contributed by atoms with E-state index in [2.05, 4.69) is 0 Å². The zero-order chi connectivity index (χ0) is 16.1. The Kier molecular flexibility index (Phi) is 4.38. The Labute approximate surface area is 124 Å². The SMILES string of the molecule is O=C(/C=C/c1cccc([N+](=O)[O-])c1)c1ccc([N+](=O)[O-])cc1. The maximum atomic E-state index is 11.9. The molecule has 0 saturated heterocycles. The van der Waals surface area contributed by atoms with Crippen LogP contribution in [0.1, 0.15) is 15.9 Å². The van der Waals surface area contributed by atoms with Crippen molar-refractivity contribution >= 4 is 23.2 Å². The summed E-state index contributed by atoms with van der Waals surface area (Å²) in [6.45, 7) is 0. The molecule has 0 aliphatic carbocycles.